The summed E-state index contributed by atoms with van der Waals surface area (Å²) in [6.45, 7) is 3.78. The van der Waals surface area contributed by atoms with Gasteiger partial charge in [0.2, 0.25) is 5.91 Å². The highest BCUT2D eigenvalue weighted by atomic mass is 19.4. The number of ether oxygens (including phenoxy) is 1. The number of aryl methyl sites for hydroxylation is 1. The van der Waals surface area contributed by atoms with Gasteiger partial charge in [0.25, 0.3) is 0 Å². The van der Waals surface area contributed by atoms with Crippen molar-refractivity contribution in [3.05, 3.63) is 71.0 Å². The van der Waals surface area contributed by atoms with Gasteiger partial charge in [0, 0.05) is 35.0 Å². The van der Waals surface area contributed by atoms with Gasteiger partial charge >= 0.3 is 12.0 Å². The minimum absolute atomic E-state index is 0.146. The van der Waals surface area contributed by atoms with Crippen molar-refractivity contribution >= 4 is 34.1 Å². The second kappa shape index (κ2) is 13.1. The topological polar surface area (TPSA) is 97.3 Å². The number of unbranched alkanes of at least 4 members (excludes halogenated alkanes) is 2. The zero-order valence-corrected chi connectivity index (χ0v) is 23.5. The van der Waals surface area contributed by atoms with Gasteiger partial charge in [-0.2, -0.15) is 13.2 Å². The van der Waals surface area contributed by atoms with E-state index in [1.165, 1.54) is 12.1 Å². The molecule has 10 heteroatoms. The lowest BCUT2D eigenvalue weighted by Crippen LogP contribution is -2.47. The lowest BCUT2D eigenvalue weighted by Gasteiger charge is -2.16. The second-order valence-electron chi connectivity index (χ2n) is 10.2. The molecular formula is C31H35F3N4O3+. The van der Waals surface area contributed by atoms with Crippen LogP contribution in [0.3, 0.4) is 0 Å². The number of fused-ring (bicyclic) bond motifs is 1. The molecule has 3 N–H and O–H groups in total. The molecule has 0 fully saturated rings. The van der Waals surface area contributed by atoms with Crippen LogP contribution in [-0.4, -0.2) is 35.7 Å². The molecule has 1 aromatic heterocycles. The Morgan fingerprint density at radius 1 is 1.07 bits per heavy atom. The van der Waals surface area contributed by atoms with Gasteiger partial charge in [-0.1, -0.05) is 19.8 Å². The van der Waals surface area contributed by atoms with Crippen LogP contribution in [0.2, 0.25) is 0 Å². The number of Topliss-reactive ketones (excluding diaryl/α,β-unsaturated/α-hetero) is 1. The highest BCUT2D eigenvalue weighted by Gasteiger charge is 2.33. The molecule has 3 aromatic rings. The smallest absolute Gasteiger partial charge is 0.416 e. The number of H-pyrrole nitrogens is 1. The molecule has 0 aliphatic carbocycles. The number of nitrogens with zero attached hydrogens (tertiary/aromatic N) is 1. The Labute approximate surface area is 237 Å². The third kappa shape index (κ3) is 7.56. The molecule has 0 bridgehead atoms. The van der Waals surface area contributed by atoms with Crippen LogP contribution in [0.15, 0.2) is 48.7 Å². The van der Waals surface area contributed by atoms with Gasteiger partial charge in [-0.3, -0.25) is 9.59 Å². The number of alkyl halides is 3. The maximum absolute atomic E-state index is 13.3. The molecule has 4 rings (SSSR count). The molecule has 2 aromatic carbocycles. The molecule has 1 aliphatic heterocycles. The Hall–Kier alpha value is -4.08. The first-order valence-corrected chi connectivity index (χ1v) is 13.8. The van der Waals surface area contributed by atoms with E-state index in [-0.39, 0.29) is 18.1 Å². The van der Waals surface area contributed by atoms with Gasteiger partial charge in [0.15, 0.2) is 11.9 Å². The van der Waals surface area contributed by atoms with Crippen LogP contribution in [-0.2, 0) is 22.2 Å². The normalized spacial score (nSPS) is 13.9. The molecule has 2 heterocycles. The SMILES string of the molecule is CCC(=O)CCCCC[C@H](NC(=O)Cc1c(C)[nH]c2ccc(OC)cc12)C1=[N+]C=C(c2ccc(C(F)(F)F)cc2)N1. The number of amidine groups is 1. The van der Waals surface area contributed by atoms with E-state index < -0.39 is 17.8 Å². The van der Waals surface area contributed by atoms with Crippen LogP contribution in [0.5, 0.6) is 5.75 Å². The number of halogens is 3. The van der Waals surface area contributed by atoms with Crippen LogP contribution >= 0.6 is 0 Å². The summed E-state index contributed by atoms with van der Waals surface area (Å²) in [6.07, 6.45) is 1.31. The van der Waals surface area contributed by atoms with Crippen LogP contribution in [0.25, 0.3) is 16.6 Å². The molecule has 41 heavy (non-hydrogen) atoms. The zero-order valence-electron chi connectivity index (χ0n) is 23.5. The average molecular weight is 569 g/mol. The number of hydrogen-bond donors (Lipinski definition) is 3. The predicted octanol–water partition coefficient (Wildman–Crippen LogP) is 5.80. The summed E-state index contributed by atoms with van der Waals surface area (Å²) in [5.41, 5.74) is 3.07. The van der Waals surface area contributed by atoms with Gasteiger partial charge in [-0.05, 0) is 72.8 Å². The fourth-order valence-corrected chi connectivity index (χ4v) is 4.92. The number of carbonyl (C=O) groups excluding carboxylic acids is 2. The molecule has 1 aliphatic rings. The molecule has 0 unspecified atom stereocenters. The number of carbonyl (C=O) groups is 2. The summed E-state index contributed by atoms with van der Waals surface area (Å²) in [4.78, 5) is 32.8. The Morgan fingerprint density at radius 2 is 1.83 bits per heavy atom. The van der Waals surface area contributed by atoms with E-state index in [0.717, 1.165) is 53.6 Å². The van der Waals surface area contributed by atoms with Gasteiger partial charge in [-0.15, -0.1) is 0 Å². The number of hydrogen-bond acceptors (Lipinski definition) is 5. The van der Waals surface area contributed by atoms with Crippen LogP contribution in [0.1, 0.15) is 67.8 Å². The maximum atomic E-state index is 13.3. The fourth-order valence-electron chi connectivity index (χ4n) is 4.92. The first-order chi connectivity index (χ1) is 19.6. The number of aromatic nitrogens is 1. The van der Waals surface area contributed by atoms with Gasteiger partial charge < -0.3 is 15.0 Å². The number of rotatable bonds is 13. The van der Waals surface area contributed by atoms with E-state index in [1.54, 1.807) is 13.3 Å². The summed E-state index contributed by atoms with van der Waals surface area (Å²) in [5.74, 6) is 1.27. The molecular weight excluding hydrogens is 533 g/mol. The van der Waals surface area contributed by atoms with E-state index in [0.29, 0.717) is 42.1 Å². The van der Waals surface area contributed by atoms with Crippen LogP contribution in [0, 0.1) is 6.92 Å². The molecule has 7 nitrogen and oxygen atoms in total. The van der Waals surface area contributed by atoms with E-state index >= 15 is 0 Å². The predicted molar refractivity (Wildman–Crippen MR) is 153 cm³/mol. The zero-order chi connectivity index (χ0) is 29.6. The van der Waals surface area contributed by atoms with Gasteiger partial charge in [-0.25, -0.2) is 5.32 Å². The first-order valence-electron chi connectivity index (χ1n) is 13.8. The number of ketones is 1. The highest BCUT2D eigenvalue weighted by Crippen LogP contribution is 2.30. The molecule has 1 radical (unpaired) electrons. The van der Waals surface area contributed by atoms with Crippen LogP contribution in [0.4, 0.5) is 13.2 Å². The maximum Gasteiger partial charge on any atom is 0.416 e. The van der Waals surface area contributed by atoms with Crippen molar-refractivity contribution in [2.24, 2.45) is 0 Å². The summed E-state index contributed by atoms with van der Waals surface area (Å²) in [7, 11) is 1.60. The van der Waals surface area contributed by atoms with E-state index in [4.69, 9.17) is 4.74 Å². The van der Waals surface area contributed by atoms with Crippen molar-refractivity contribution in [3.8, 4) is 5.75 Å². The number of nitrogens with one attached hydrogen (secondary N) is 3. The van der Waals surface area contributed by atoms with E-state index in [9.17, 15) is 22.8 Å². The van der Waals surface area contributed by atoms with Gasteiger partial charge in [0.1, 0.15) is 17.6 Å². The summed E-state index contributed by atoms with van der Waals surface area (Å²) < 4.78 is 44.3. The molecule has 0 spiro atoms. The Bertz CT molecular complexity index is 1460. The van der Waals surface area contributed by atoms with Crippen molar-refractivity contribution < 1.29 is 27.5 Å². The highest BCUT2D eigenvalue weighted by molar-refractivity contribution is 6.00. The van der Waals surface area contributed by atoms with Crippen LogP contribution < -0.4 is 20.4 Å². The third-order valence-corrected chi connectivity index (χ3v) is 7.29. The summed E-state index contributed by atoms with van der Waals surface area (Å²) in [5, 5.41) is 7.21. The summed E-state index contributed by atoms with van der Waals surface area (Å²) in [6, 6.07) is 10.1. The number of benzene rings is 2. The number of methoxy groups -OCH3 is 1. The van der Waals surface area contributed by atoms with Crippen molar-refractivity contribution in [3.63, 3.8) is 0 Å². The fraction of sp³-hybridized carbons (Fsp3) is 0.387. The minimum atomic E-state index is -4.41. The summed E-state index contributed by atoms with van der Waals surface area (Å²) >= 11 is 0. The number of aromatic amines is 1. The lowest BCUT2D eigenvalue weighted by molar-refractivity contribution is -0.137. The number of aliphatic imine (C=N–C) groups is 1. The number of amides is 1. The Morgan fingerprint density at radius 3 is 2.51 bits per heavy atom. The second-order valence-corrected chi connectivity index (χ2v) is 10.2. The minimum Gasteiger partial charge on any atom is -0.497 e. The first kappa shape index (κ1) is 29.9. The quantitative estimate of drug-likeness (QED) is 0.227. The van der Waals surface area contributed by atoms with E-state index in [1.807, 2.05) is 32.0 Å². The van der Waals surface area contributed by atoms with Gasteiger partial charge in [0.05, 0.1) is 19.1 Å². The van der Waals surface area contributed by atoms with Crippen molar-refractivity contribution in [2.45, 2.75) is 71.0 Å². The Kier molecular flexibility index (Phi) is 9.52. The standard InChI is InChI=1S/C31H35F3N4O3/c1-4-22(39)8-6-5-7-9-27(30-35-18-28(38-30)20-10-12-21(13-11-20)31(32,33)34)37-29(40)17-24-19(2)36-26-15-14-23(41-3)16-25(24)26/h10-16,18,27,36,38H,4-9,17H2,1-3H3,(H,37,40)/q+1/t27-/m0/s1. The Balaban J connectivity index is 1.45. The average Bonchev–Trinajstić information content (AvgIpc) is 3.56. The largest absolute Gasteiger partial charge is 0.497 e. The molecule has 1 amide bonds. The third-order valence-electron chi connectivity index (χ3n) is 7.29. The van der Waals surface area contributed by atoms with Crippen molar-refractivity contribution in [1.82, 2.24) is 20.6 Å². The molecule has 1 atom stereocenters. The van der Waals surface area contributed by atoms with E-state index in [2.05, 4.69) is 20.6 Å². The van der Waals surface area contributed by atoms with Crippen molar-refractivity contribution in [1.29, 1.82) is 0 Å². The lowest BCUT2D eigenvalue weighted by atomic mass is 10.0. The molecule has 0 saturated carbocycles. The molecule has 0 saturated heterocycles. The monoisotopic (exact) mass is 568 g/mol. The molecule has 217 valence electrons. The van der Waals surface area contributed by atoms with Crippen molar-refractivity contribution in [2.75, 3.05) is 7.11 Å².